The molecule has 0 heterocycles. The lowest BCUT2D eigenvalue weighted by Crippen LogP contribution is -2.35. The van der Waals surface area contributed by atoms with Gasteiger partial charge in [-0.3, -0.25) is 0 Å². The number of amides is 1. The molecule has 14 heavy (non-hydrogen) atoms. The molecule has 0 bridgehead atoms. The maximum atomic E-state index is 11.2. The number of hydrogen-bond donors (Lipinski definition) is 1. The van der Waals surface area contributed by atoms with Crippen LogP contribution in [0.25, 0.3) is 0 Å². The fraction of sp³-hybridized carbons (Fsp3) is 0.900. The zero-order chi connectivity index (χ0) is 10.6. The Morgan fingerprint density at radius 2 is 2.29 bits per heavy atom. The molecule has 1 amide bonds. The molecule has 1 rings (SSSR count). The van der Waals surface area contributed by atoms with E-state index in [1.54, 1.807) is 11.9 Å². The Hall–Kier alpha value is -0.770. The van der Waals surface area contributed by atoms with Crippen molar-refractivity contribution in [2.45, 2.75) is 31.7 Å². The van der Waals surface area contributed by atoms with Gasteiger partial charge in [0.05, 0.1) is 7.11 Å². The topological polar surface area (TPSA) is 55.6 Å². The lowest BCUT2D eigenvalue weighted by atomic mass is 10.0. The lowest BCUT2D eigenvalue weighted by molar-refractivity contribution is 0.117. The maximum absolute atomic E-state index is 11.2. The van der Waals surface area contributed by atoms with E-state index in [0.717, 1.165) is 25.8 Å². The number of hydrogen-bond acceptors (Lipinski definition) is 3. The normalized spacial score (nSPS) is 26.2. The third kappa shape index (κ3) is 2.61. The predicted octanol–water partition coefficient (Wildman–Crippen LogP) is 1.20. The summed E-state index contributed by atoms with van der Waals surface area (Å²) in [6, 6.07) is 0.346. The fourth-order valence-electron chi connectivity index (χ4n) is 2.19. The van der Waals surface area contributed by atoms with E-state index in [1.165, 1.54) is 13.5 Å². The van der Waals surface area contributed by atoms with E-state index in [0.29, 0.717) is 12.0 Å². The summed E-state index contributed by atoms with van der Waals surface area (Å²) in [4.78, 5) is 12.9. The van der Waals surface area contributed by atoms with E-state index in [4.69, 9.17) is 5.73 Å². The Bertz CT molecular complexity index is 197. The molecule has 4 heteroatoms. The van der Waals surface area contributed by atoms with Gasteiger partial charge in [-0.15, -0.1) is 0 Å². The van der Waals surface area contributed by atoms with Crippen molar-refractivity contribution >= 4 is 6.09 Å². The van der Waals surface area contributed by atoms with Crippen LogP contribution in [0.2, 0.25) is 0 Å². The van der Waals surface area contributed by atoms with Crippen LogP contribution < -0.4 is 5.73 Å². The third-order valence-corrected chi connectivity index (χ3v) is 3.10. The molecule has 0 aliphatic heterocycles. The molecule has 1 aliphatic carbocycles. The van der Waals surface area contributed by atoms with Crippen LogP contribution in [-0.2, 0) is 4.74 Å². The highest BCUT2D eigenvalue weighted by Crippen LogP contribution is 2.30. The summed E-state index contributed by atoms with van der Waals surface area (Å²) in [5.41, 5.74) is 5.51. The first-order valence-corrected chi connectivity index (χ1v) is 5.20. The van der Waals surface area contributed by atoms with Gasteiger partial charge >= 0.3 is 6.09 Å². The first-order chi connectivity index (χ1) is 6.69. The second-order valence-electron chi connectivity index (χ2n) is 3.99. The van der Waals surface area contributed by atoms with Crippen LogP contribution in [-0.4, -0.2) is 37.7 Å². The van der Waals surface area contributed by atoms with Gasteiger partial charge in [0.2, 0.25) is 0 Å². The summed E-state index contributed by atoms with van der Waals surface area (Å²) in [5.74, 6) is 0.692. The van der Waals surface area contributed by atoms with E-state index in [-0.39, 0.29) is 6.09 Å². The van der Waals surface area contributed by atoms with Crippen LogP contribution in [0.4, 0.5) is 4.79 Å². The van der Waals surface area contributed by atoms with Gasteiger partial charge in [-0.05, 0) is 38.1 Å². The van der Waals surface area contributed by atoms with Gasteiger partial charge in [0.1, 0.15) is 0 Å². The lowest BCUT2D eigenvalue weighted by Gasteiger charge is -2.23. The molecule has 0 spiro atoms. The van der Waals surface area contributed by atoms with Crippen molar-refractivity contribution in [2.75, 3.05) is 20.7 Å². The molecular formula is C10H20N2O2. The molecule has 0 radical (unpaired) electrons. The molecule has 4 nitrogen and oxygen atoms in total. The summed E-state index contributed by atoms with van der Waals surface area (Å²) in [6.07, 6.45) is 4.18. The molecule has 1 aliphatic rings. The van der Waals surface area contributed by atoms with Gasteiger partial charge in [0.15, 0.2) is 0 Å². The molecule has 0 aromatic heterocycles. The number of methoxy groups -OCH3 is 1. The molecule has 82 valence electrons. The molecule has 2 unspecified atom stereocenters. The standard InChI is InChI=1S/C10H20N2O2/c1-12(10(13)14-2)9-4-3-8(7-9)5-6-11/h8-9H,3-7,11H2,1-2H3. The van der Waals surface area contributed by atoms with Gasteiger partial charge in [-0.25, -0.2) is 4.79 Å². The number of rotatable bonds is 3. The molecule has 1 fully saturated rings. The zero-order valence-electron chi connectivity index (χ0n) is 9.03. The molecule has 2 atom stereocenters. The Morgan fingerprint density at radius 1 is 1.57 bits per heavy atom. The van der Waals surface area contributed by atoms with Crippen LogP contribution in [0, 0.1) is 5.92 Å². The van der Waals surface area contributed by atoms with Crippen LogP contribution in [0.5, 0.6) is 0 Å². The van der Waals surface area contributed by atoms with Gasteiger partial charge < -0.3 is 15.4 Å². The van der Waals surface area contributed by atoms with Gasteiger partial charge in [0.25, 0.3) is 0 Å². The number of nitrogens with two attached hydrogens (primary N) is 1. The van der Waals surface area contributed by atoms with Crippen molar-refractivity contribution in [3.63, 3.8) is 0 Å². The van der Waals surface area contributed by atoms with E-state index >= 15 is 0 Å². The van der Waals surface area contributed by atoms with E-state index in [2.05, 4.69) is 4.74 Å². The molecular weight excluding hydrogens is 180 g/mol. The summed E-state index contributed by atoms with van der Waals surface area (Å²) in [6.45, 7) is 0.749. The second-order valence-corrected chi connectivity index (χ2v) is 3.99. The summed E-state index contributed by atoms with van der Waals surface area (Å²) >= 11 is 0. The van der Waals surface area contributed by atoms with Crippen molar-refractivity contribution < 1.29 is 9.53 Å². The first kappa shape index (κ1) is 11.3. The smallest absolute Gasteiger partial charge is 0.409 e. The zero-order valence-corrected chi connectivity index (χ0v) is 9.03. The fourth-order valence-corrected chi connectivity index (χ4v) is 2.19. The number of carbonyl (C=O) groups excluding carboxylic acids is 1. The highest BCUT2D eigenvalue weighted by molar-refractivity contribution is 5.67. The van der Waals surface area contributed by atoms with Crippen LogP contribution in [0.15, 0.2) is 0 Å². The summed E-state index contributed by atoms with van der Waals surface area (Å²) in [5, 5.41) is 0. The Kier molecular flexibility index (Phi) is 4.20. The SMILES string of the molecule is COC(=O)N(C)C1CCC(CCN)C1. The summed E-state index contributed by atoms with van der Waals surface area (Å²) < 4.78 is 4.68. The second kappa shape index (κ2) is 5.20. The largest absolute Gasteiger partial charge is 0.453 e. The first-order valence-electron chi connectivity index (χ1n) is 5.20. The number of nitrogens with zero attached hydrogens (tertiary/aromatic N) is 1. The average molecular weight is 200 g/mol. The minimum absolute atomic E-state index is 0.233. The van der Waals surface area contributed by atoms with E-state index in [1.807, 2.05) is 0 Å². The molecule has 1 saturated carbocycles. The Balaban J connectivity index is 2.37. The predicted molar refractivity (Wildman–Crippen MR) is 55.0 cm³/mol. The van der Waals surface area contributed by atoms with E-state index < -0.39 is 0 Å². The Labute approximate surface area is 85.4 Å². The quantitative estimate of drug-likeness (QED) is 0.744. The van der Waals surface area contributed by atoms with Gasteiger partial charge in [0, 0.05) is 13.1 Å². The van der Waals surface area contributed by atoms with Crippen molar-refractivity contribution in [2.24, 2.45) is 11.7 Å². The minimum Gasteiger partial charge on any atom is -0.453 e. The van der Waals surface area contributed by atoms with Crippen LogP contribution in [0.3, 0.4) is 0 Å². The van der Waals surface area contributed by atoms with Crippen molar-refractivity contribution in [1.82, 2.24) is 4.90 Å². The van der Waals surface area contributed by atoms with Gasteiger partial charge in [-0.2, -0.15) is 0 Å². The third-order valence-electron chi connectivity index (χ3n) is 3.10. The maximum Gasteiger partial charge on any atom is 0.409 e. The van der Waals surface area contributed by atoms with Crippen molar-refractivity contribution in [3.05, 3.63) is 0 Å². The van der Waals surface area contributed by atoms with Crippen molar-refractivity contribution in [1.29, 1.82) is 0 Å². The average Bonchev–Trinajstić information content (AvgIpc) is 2.64. The monoisotopic (exact) mass is 200 g/mol. The number of ether oxygens (including phenoxy) is 1. The van der Waals surface area contributed by atoms with Gasteiger partial charge in [-0.1, -0.05) is 0 Å². The molecule has 0 aromatic rings. The van der Waals surface area contributed by atoms with E-state index in [9.17, 15) is 4.79 Å². The Morgan fingerprint density at radius 3 is 2.86 bits per heavy atom. The number of carbonyl (C=O) groups is 1. The molecule has 2 N–H and O–H groups in total. The molecule has 0 aromatic carbocycles. The summed E-state index contributed by atoms with van der Waals surface area (Å²) in [7, 11) is 3.23. The highest BCUT2D eigenvalue weighted by Gasteiger charge is 2.29. The molecule has 0 saturated heterocycles. The van der Waals surface area contributed by atoms with Crippen LogP contribution >= 0.6 is 0 Å². The highest BCUT2D eigenvalue weighted by atomic mass is 16.5. The van der Waals surface area contributed by atoms with Crippen molar-refractivity contribution in [3.8, 4) is 0 Å². The minimum atomic E-state index is -0.233. The van der Waals surface area contributed by atoms with Crippen LogP contribution in [0.1, 0.15) is 25.7 Å².